The van der Waals surface area contributed by atoms with Crippen LogP contribution in [0.3, 0.4) is 0 Å². The van der Waals surface area contributed by atoms with E-state index in [4.69, 9.17) is 23.2 Å². The molecule has 0 N–H and O–H groups in total. The normalized spacial score (nSPS) is 14.9. The Labute approximate surface area is 226 Å². The van der Waals surface area contributed by atoms with E-state index in [2.05, 4.69) is 31.6 Å². The van der Waals surface area contributed by atoms with Crippen LogP contribution in [0.25, 0.3) is 22.3 Å². The lowest BCUT2D eigenvalue weighted by atomic mass is 9.88. The van der Waals surface area contributed by atoms with Gasteiger partial charge in [-0.15, -0.1) is 0 Å². The first-order valence-corrected chi connectivity index (χ1v) is 13.1. The molecular formula is C30H31Cl2F3N2. The number of likely N-dealkylation sites (tertiary alicyclic amines) is 1. The van der Waals surface area contributed by atoms with Gasteiger partial charge in [-0.1, -0.05) is 55.4 Å². The number of halogens is 5. The summed E-state index contributed by atoms with van der Waals surface area (Å²) in [6.45, 7) is 20.1. The molecule has 2 heterocycles. The molecule has 0 spiro atoms. The van der Waals surface area contributed by atoms with Gasteiger partial charge < -0.3 is 9.47 Å². The lowest BCUT2D eigenvalue weighted by Gasteiger charge is -2.36. The zero-order valence-corrected chi connectivity index (χ0v) is 22.9. The molecule has 0 bridgehead atoms. The number of benzene rings is 2. The Morgan fingerprint density at radius 2 is 1.65 bits per heavy atom. The van der Waals surface area contributed by atoms with Gasteiger partial charge in [0.2, 0.25) is 0 Å². The van der Waals surface area contributed by atoms with Gasteiger partial charge in [0.1, 0.15) is 0 Å². The Hall–Kier alpha value is -2.63. The van der Waals surface area contributed by atoms with E-state index in [1.54, 1.807) is 30.7 Å². The fourth-order valence-electron chi connectivity index (χ4n) is 5.28. The van der Waals surface area contributed by atoms with Crippen LogP contribution < -0.4 is 0 Å². The molecule has 0 unspecified atom stereocenters. The van der Waals surface area contributed by atoms with E-state index in [1.165, 1.54) is 11.6 Å². The van der Waals surface area contributed by atoms with Crippen molar-refractivity contribution in [2.75, 3.05) is 13.1 Å². The van der Waals surface area contributed by atoms with Crippen LogP contribution in [0, 0.1) is 19.8 Å². The molecule has 2 nitrogen and oxygen atoms in total. The van der Waals surface area contributed by atoms with E-state index >= 15 is 0 Å². The molecular weight excluding hydrogens is 516 g/mol. The third-order valence-corrected chi connectivity index (χ3v) is 8.21. The average Bonchev–Trinajstić information content (AvgIpc) is 3.19. The molecule has 0 aliphatic carbocycles. The number of rotatable bonds is 6. The molecule has 196 valence electrons. The van der Waals surface area contributed by atoms with Crippen LogP contribution in [0.4, 0.5) is 13.2 Å². The molecule has 1 fully saturated rings. The van der Waals surface area contributed by atoms with E-state index in [0.29, 0.717) is 49.3 Å². The molecule has 1 aromatic heterocycles. The highest BCUT2D eigenvalue weighted by molar-refractivity contribution is 6.38. The molecule has 3 aromatic rings. The molecule has 0 amide bonds. The van der Waals surface area contributed by atoms with Gasteiger partial charge in [0.25, 0.3) is 0 Å². The topological polar surface area (TPSA) is 8.17 Å². The van der Waals surface area contributed by atoms with Crippen LogP contribution >= 0.6 is 23.2 Å². The summed E-state index contributed by atoms with van der Waals surface area (Å²) < 4.78 is 42.1. The van der Waals surface area contributed by atoms with Crippen molar-refractivity contribution in [2.45, 2.75) is 46.2 Å². The van der Waals surface area contributed by atoms with Crippen LogP contribution in [0.1, 0.15) is 54.0 Å². The molecule has 37 heavy (non-hydrogen) atoms. The number of piperidine rings is 1. The van der Waals surface area contributed by atoms with E-state index in [0.717, 1.165) is 49.7 Å². The van der Waals surface area contributed by atoms with Crippen molar-refractivity contribution in [1.82, 2.24) is 9.47 Å². The minimum Gasteiger partial charge on any atom is -0.371 e. The molecule has 1 saturated heterocycles. The Balaban J connectivity index is 1.71. The number of alkyl halides is 3. The van der Waals surface area contributed by atoms with Crippen molar-refractivity contribution in [3.8, 4) is 0 Å². The SMILES string of the molecule is C=C(CC)C1CCN(C(=C)c2ccc(Cl)c(C(=C)n3cc(C)c4cc(C(F)(F)F)cc(C)c43)c2Cl)CC1. The minimum atomic E-state index is -4.43. The fraction of sp³-hybridized carbons (Fsp3) is 0.333. The Bertz CT molecular complexity index is 1410. The van der Waals surface area contributed by atoms with Crippen molar-refractivity contribution >= 4 is 45.5 Å². The number of fused-ring (bicyclic) bond motifs is 1. The lowest BCUT2D eigenvalue weighted by Crippen LogP contribution is -2.32. The van der Waals surface area contributed by atoms with Gasteiger partial charge in [0.15, 0.2) is 0 Å². The number of nitrogens with zero attached hydrogens (tertiary/aromatic N) is 2. The van der Waals surface area contributed by atoms with Crippen LogP contribution in [0.2, 0.25) is 10.0 Å². The van der Waals surface area contributed by atoms with Gasteiger partial charge >= 0.3 is 6.18 Å². The Morgan fingerprint density at radius 1 is 1.00 bits per heavy atom. The molecule has 1 aliphatic rings. The molecule has 7 heteroatoms. The maximum absolute atomic E-state index is 13.4. The van der Waals surface area contributed by atoms with E-state index < -0.39 is 11.7 Å². The van der Waals surface area contributed by atoms with E-state index in [1.807, 2.05) is 6.07 Å². The highest BCUT2D eigenvalue weighted by Gasteiger charge is 2.32. The number of aryl methyl sites for hydroxylation is 2. The van der Waals surface area contributed by atoms with E-state index in [9.17, 15) is 13.2 Å². The van der Waals surface area contributed by atoms with Gasteiger partial charge in [-0.2, -0.15) is 13.2 Å². The summed E-state index contributed by atoms with van der Waals surface area (Å²) in [5.41, 5.74) is 5.05. The zero-order valence-electron chi connectivity index (χ0n) is 21.4. The first kappa shape index (κ1) is 27.4. The molecule has 0 saturated carbocycles. The van der Waals surface area contributed by atoms with E-state index in [-0.39, 0.29) is 0 Å². The second-order valence-corrected chi connectivity index (χ2v) is 10.6. The maximum atomic E-state index is 13.4. The summed E-state index contributed by atoms with van der Waals surface area (Å²) in [5, 5.41) is 1.35. The van der Waals surface area contributed by atoms with Crippen molar-refractivity contribution in [3.63, 3.8) is 0 Å². The Kier molecular flexibility index (Phi) is 7.60. The van der Waals surface area contributed by atoms with Gasteiger partial charge in [-0.05, 0) is 74.4 Å². The second kappa shape index (κ2) is 10.3. The number of aromatic nitrogens is 1. The van der Waals surface area contributed by atoms with Crippen molar-refractivity contribution in [2.24, 2.45) is 5.92 Å². The number of hydrogen-bond donors (Lipinski definition) is 0. The molecule has 4 rings (SSSR count). The fourth-order valence-corrected chi connectivity index (χ4v) is 5.98. The van der Waals surface area contributed by atoms with Gasteiger partial charge in [-0.25, -0.2) is 0 Å². The molecule has 0 radical (unpaired) electrons. The maximum Gasteiger partial charge on any atom is 0.416 e. The summed E-state index contributed by atoms with van der Waals surface area (Å²) in [4.78, 5) is 2.24. The summed E-state index contributed by atoms with van der Waals surface area (Å²) in [6, 6.07) is 5.97. The molecule has 0 atom stereocenters. The number of allylic oxidation sites excluding steroid dienone is 1. The monoisotopic (exact) mass is 546 g/mol. The summed E-state index contributed by atoms with van der Waals surface area (Å²) in [6.07, 6.45) is 0.378. The highest BCUT2D eigenvalue weighted by Crippen LogP contribution is 2.41. The van der Waals surface area contributed by atoms with Crippen LogP contribution in [-0.2, 0) is 6.18 Å². The van der Waals surface area contributed by atoms with Gasteiger partial charge in [-0.3, -0.25) is 0 Å². The highest BCUT2D eigenvalue weighted by atomic mass is 35.5. The summed E-state index contributed by atoms with van der Waals surface area (Å²) in [5.74, 6) is 0.524. The average molecular weight is 547 g/mol. The predicted octanol–water partition coefficient (Wildman–Crippen LogP) is 9.75. The third-order valence-electron chi connectivity index (χ3n) is 7.51. The first-order chi connectivity index (χ1) is 17.3. The minimum absolute atomic E-state index is 0.411. The smallest absolute Gasteiger partial charge is 0.371 e. The quantitative estimate of drug-likeness (QED) is 0.279. The Morgan fingerprint density at radius 3 is 2.24 bits per heavy atom. The van der Waals surface area contributed by atoms with Crippen molar-refractivity contribution in [3.05, 3.63) is 93.6 Å². The lowest BCUT2D eigenvalue weighted by molar-refractivity contribution is -0.137. The van der Waals surface area contributed by atoms with Crippen molar-refractivity contribution in [1.29, 1.82) is 0 Å². The third kappa shape index (κ3) is 5.08. The largest absolute Gasteiger partial charge is 0.416 e. The van der Waals surface area contributed by atoms with Crippen LogP contribution in [-0.4, -0.2) is 22.6 Å². The molecule has 1 aliphatic heterocycles. The zero-order chi connectivity index (χ0) is 27.2. The standard InChI is InChI=1S/C30H31Cl2F3N2/c1-7-17(2)22-10-12-36(13-11-22)20(5)24-8-9-26(31)27(28(24)32)21(6)37-16-19(4)25-15-23(30(33,34)35)14-18(3)29(25)37/h8-9,14-16,22H,2,5-7,10-13H2,1,3-4H3. The first-order valence-electron chi connectivity index (χ1n) is 12.3. The summed E-state index contributed by atoms with van der Waals surface area (Å²) in [7, 11) is 0. The van der Waals surface area contributed by atoms with Gasteiger partial charge in [0.05, 0.1) is 21.1 Å². The second-order valence-electron chi connectivity index (χ2n) is 9.82. The van der Waals surface area contributed by atoms with Crippen LogP contribution in [0.5, 0.6) is 0 Å². The predicted molar refractivity (Wildman–Crippen MR) is 150 cm³/mol. The molecule has 2 aromatic carbocycles. The summed E-state index contributed by atoms with van der Waals surface area (Å²) >= 11 is 13.6. The number of hydrogen-bond acceptors (Lipinski definition) is 1. The van der Waals surface area contributed by atoms with Gasteiger partial charge in [0, 0.05) is 47.2 Å². The van der Waals surface area contributed by atoms with Crippen molar-refractivity contribution < 1.29 is 13.2 Å². The van der Waals surface area contributed by atoms with Crippen LogP contribution in [0.15, 0.2) is 55.8 Å².